The van der Waals surface area contributed by atoms with Gasteiger partial charge in [0.25, 0.3) is 0 Å². The molecule has 0 radical (unpaired) electrons. The fourth-order valence-electron chi connectivity index (χ4n) is 1.32. The SMILES string of the molecule is O=[N+]([O-])O[N+](=O)[O-].c1ccc(-c2ccccc2)cc1. The summed E-state index contributed by atoms with van der Waals surface area (Å²) in [5.74, 6) is 0. The van der Waals surface area contributed by atoms with Gasteiger partial charge in [-0.25, -0.2) is 0 Å². The lowest BCUT2D eigenvalue weighted by atomic mass is 10.1. The second-order valence-electron chi connectivity index (χ2n) is 3.26. The molecule has 0 heterocycles. The molecule has 2 rings (SSSR count). The van der Waals surface area contributed by atoms with E-state index in [1.807, 2.05) is 12.1 Å². The van der Waals surface area contributed by atoms with Crippen molar-refractivity contribution >= 4 is 0 Å². The van der Waals surface area contributed by atoms with Crippen molar-refractivity contribution in [2.75, 3.05) is 0 Å². The maximum Gasteiger partial charge on any atom is 0.356 e. The molecule has 19 heavy (non-hydrogen) atoms. The van der Waals surface area contributed by atoms with Gasteiger partial charge in [0.05, 0.1) is 0 Å². The van der Waals surface area contributed by atoms with Crippen LogP contribution in [0.1, 0.15) is 0 Å². The third-order valence-corrected chi connectivity index (χ3v) is 2.01. The maximum absolute atomic E-state index is 8.95. The lowest BCUT2D eigenvalue weighted by Gasteiger charge is -1.98. The fraction of sp³-hybridized carbons (Fsp3) is 0. The monoisotopic (exact) mass is 262 g/mol. The fourth-order valence-corrected chi connectivity index (χ4v) is 1.32. The van der Waals surface area contributed by atoms with Crippen LogP contribution in [0.2, 0.25) is 0 Å². The highest BCUT2D eigenvalue weighted by Crippen LogP contribution is 2.17. The van der Waals surface area contributed by atoms with E-state index in [1.54, 1.807) is 0 Å². The standard InChI is InChI=1S/C12H10.N2O5/c1-3-7-11(8-4-1)12-9-5-2-6-10-12;3-1(4)7-2(5)6/h1-10H;. The topological polar surface area (TPSA) is 95.5 Å². The molecule has 0 saturated carbocycles. The third kappa shape index (κ3) is 5.78. The minimum absolute atomic E-state index is 1.28. The summed E-state index contributed by atoms with van der Waals surface area (Å²) >= 11 is 0. The van der Waals surface area contributed by atoms with Gasteiger partial charge in [-0.1, -0.05) is 60.7 Å². The van der Waals surface area contributed by atoms with Crippen LogP contribution in [0, 0.1) is 20.2 Å². The molecule has 7 nitrogen and oxygen atoms in total. The van der Waals surface area contributed by atoms with Crippen LogP contribution in [0.15, 0.2) is 60.7 Å². The van der Waals surface area contributed by atoms with E-state index in [0.717, 1.165) is 0 Å². The summed E-state index contributed by atoms with van der Waals surface area (Å²) in [6.45, 7) is 0. The number of benzene rings is 2. The average Bonchev–Trinajstić information content (AvgIpc) is 2.40. The van der Waals surface area contributed by atoms with Gasteiger partial charge in [0.2, 0.25) is 0 Å². The predicted molar refractivity (Wildman–Crippen MR) is 67.0 cm³/mol. The van der Waals surface area contributed by atoms with Crippen molar-refractivity contribution in [3.05, 3.63) is 80.9 Å². The van der Waals surface area contributed by atoms with Gasteiger partial charge in [-0.15, -0.1) is 20.2 Å². The van der Waals surface area contributed by atoms with Crippen LogP contribution in [0.25, 0.3) is 11.1 Å². The molecule has 0 N–H and O–H groups in total. The van der Waals surface area contributed by atoms with Crippen LogP contribution in [0.5, 0.6) is 0 Å². The molecule has 0 bridgehead atoms. The Kier molecular flexibility index (Phi) is 5.48. The molecule has 0 unspecified atom stereocenters. The second-order valence-corrected chi connectivity index (χ2v) is 3.26. The lowest BCUT2D eigenvalue weighted by Crippen LogP contribution is -2.06. The Balaban J connectivity index is 0.000000224. The van der Waals surface area contributed by atoms with Crippen LogP contribution in [-0.2, 0) is 4.94 Å². The minimum Gasteiger partial charge on any atom is -0.105 e. The molecule has 0 amide bonds. The van der Waals surface area contributed by atoms with Gasteiger partial charge in [0, 0.05) is 4.94 Å². The molecule has 2 aromatic rings. The molecule has 0 saturated heterocycles. The Hall–Kier alpha value is -2.96. The van der Waals surface area contributed by atoms with Crippen molar-refractivity contribution in [1.82, 2.24) is 0 Å². The van der Waals surface area contributed by atoms with Crippen molar-refractivity contribution in [3.63, 3.8) is 0 Å². The molecule has 0 aliphatic rings. The summed E-state index contributed by atoms with van der Waals surface area (Å²) in [5, 5.41) is 14.9. The Morgan fingerprint density at radius 3 is 1.21 bits per heavy atom. The molecule has 98 valence electrons. The van der Waals surface area contributed by atoms with Gasteiger partial charge < -0.3 is 0 Å². The Labute approximate surface area is 108 Å². The zero-order valence-electron chi connectivity index (χ0n) is 9.71. The average molecular weight is 262 g/mol. The van der Waals surface area contributed by atoms with Gasteiger partial charge >= 0.3 is 10.2 Å². The Morgan fingerprint density at radius 2 is 1.00 bits per heavy atom. The molecular formula is C12H10N2O5. The van der Waals surface area contributed by atoms with Crippen LogP contribution in [-0.4, -0.2) is 10.2 Å². The van der Waals surface area contributed by atoms with Gasteiger partial charge in [0.15, 0.2) is 0 Å². The van der Waals surface area contributed by atoms with E-state index in [4.69, 9.17) is 20.2 Å². The summed E-state index contributed by atoms with van der Waals surface area (Å²) in [4.78, 5) is 20.6. The first-order valence-corrected chi connectivity index (χ1v) is 5.17. The van der Waals surface area contributed by atoms with E-state index in [9.17, 15) is 0 Å². The van der Waals surface area contributed by atoms with E-state index in [0.29, 0.717) is 0 Å². The minimum atomic E-state index is -1.50. The highest BCUT2D eigenvalue weighted by atomic mass is 17.1. The molecule has 0 aliphatic heterocycles. The maximum atomic E-state index is 8.95. The molecule has 0 spiro atoms. The van der Waals surface area contributed by atoms with Crippen molar-refractivity contribution < 1.29 is 15.1 Å². The number of nitrogens with zero attached hydrogens (tertiary/aromatic N) is 2. The third-order valence-electron chi connectivity index (χ3n) is 2.01. The summed E-state index contributed by atoms with van der Waals surface area (Å²) in [5.41, 5.74) is 2.55. The quantitative estimate of drug-likeness (QED) is 0.625. The van der Waals surface area contributed by atoms with Crippen molar-refractivity contribution in [1.29, 1.82) is 0 Å². The second kappa shape index (κ2) is 7.38. The first-order valence-electron chi connectivity index (χ1n) is 5.17. The van der Waals surface area contributed by atoms with E-state index >= 15 is 0 Å². The van der Waals surface area contributed by atoms with E-state index in [-0.39, 0.29) is 0 Å². The van der Waals surface area contributed by atoms with Crippen LogP contribution in [0.4, 0.5) is 0 Å². The van der Waals surface area contributed by atoms with Gasteiger partial charge in [-0.2, -0.15) is 0 Å². The van der Waals surface area contributed by atoms with Crippen LogP contribution < -0.4 is 0 Å². The van der Waals surface area contributed by atoms with Gasteiger partial charge in [-0.05, 0) is 11.1 Å². The molecule has 0 atom stereocenters. The van der Waals surface area contributed by atoms with Crippen molar-refractivity contribution in [2.24, 2.45) is 0 Å². The van der Waals surface area contributed by atoms with E-state index < -0.39 is 10.2 Å². The number of hydrogen-bond acceptors (Lipinski definition) is 5. The van der Waals surface area contributed by atoms with Crippen LogP contribution >= 0.6 is 0 Å². The van der Waals surface area contributed by atoms with Crippen molar-refractivity contribution in [3.8, 4) is 11.1 Å². The summed E-state index contributed by atoms with van der Waals surface area (Å²) in [6, 6.07) is 20.8. The zero-order chi connectivity index (χ0) is 14.1. The smallest absolute Gasteiger partial charge is 0.105 e. The Bertz CT molecular complexity index is 481. The lowest BCUT2D eigenvalue weighted by molar-refractivity contribution is -1.03. The highest BCUT2D eigenvalue weighted by molar-refractivity contribution is 5.62. The predicted octanol–water partition coefficient (Wildman–Crippen LogP) is 2.74. The highest BCUT2D eigenvalue weighted by Gasteiger charge is 2.05. The largest absolute Gasteiger partial charge is 0.356 e. The normalized spacial score (nSPS) is 8.84. The van der Waals surface area contributed by atoms with Gasteiger partial charge in [0.1, 0.15) is 0 Å². The summed E-state index contributed by atoms with van der Waals surface area (Å²) < 4.78 is 0. The molecule has 0 fully saturated rings. The number of hydrogen-bond donors (Lipinski definition) is 0. The molecule has 2 aromatic carbocycles. The Morgan fingerprint density at radius 1 is 0.684 bits per heavy atom. The van der Waals surface area contributed by atoms with E-state index in [1.165, 1.54) is 11.1 Å². The zero-order valence-corrected chi connectivity index (χ0v) is 9.71. The van der Waals surface area contributed by atoms with Gasteiger partial charge in [-0.3, -0.25) is 0 Å². The summed E-state index contributed by atoms with van der Waals surface area (Å²) in [7, 11) is 0. The van der Waals surface area contributed by atoms with E-state index in [2.05, 4.69) is 53.5 Å². The first kappa shape index (κ1) is 14.1. The van der Waals surface area contributed by atoms with Crippen LogP contribution in [0.3, 0.4) is 0 Å². The molecule has 0 aromatic heterocycles. The molecular weight excluding hydrogens is 252 g/mol. The first-order chi connectivity index (χ1) is 9.09. The number of rotatable bonds is 3. The molecule has 7 heteroatoms. The molecule has 0 aliphatic carbocycles. The summed E-state index contributed by atoms with van der Waals surface area (Å²) in [6.07, 6.45) is 0. The van der Waals surface area contributed by atoms with Crippen molar-refractivity contribution in [2.45, 2.75) is 0 Å².